The standard InChI is InChI=1S/C17H13N3O3S/c21-8-12-15(9-5-6-10-13(7-9)23-17(22)18-10)19-16-20(12)11-3-1-2-4-14(11)24-16/h5-8H,1-4H2,(H,18,22). The quantitative estimate of drug-likeness (QED) is 0.569. The molecule has 0 spiro atoms. The Morgan fingerprint density at radius 2 is 2.17 bits per heavy atom. The molecular formula is C17H13N3O3S. The van der Waals surface area contributed by atoms with Gasteiger partial charge in [-0.25, -0.2) is 9.78 Å². The van der Waals surface area contributed by atoms with Gasteiger partial charge >= 0.3 is 5.76 Å². The number of nitrogens with one attached hydrogen (secondary N) is 1. The number of nitrogens with zero attached hydrogens (tertiary/aromatic N) is 2. The molecular weight excluding hydrogens is 326 g/mol. The van der Waals surface area contributed by atoms with E-state index in [1.165, 1.54) is 17.0 Å². The summed E-state index contributed by atoms with van der Waals surface area (Å²) >= 11 is 1.67. The van der Waals surface area contributed by atoms with Gasteiger partial charge in [-0.3, -0.25) is 14.2 Å². The largest absolute Gasteiger partial charge is 0.417 e. The van der Waals surface area contributed by atoms with Crippen LogP contribution in [0.3, 0.4) is 0 Å². The van der Waals surface area contributed by atoms with Crippen LogP contribution in [0.2, 0.25) is 0 Å². The van der Waals surface area contributed by atoms with Gasteiger partial charge in [-0.05, 0) is 37.8 Å². The highest BCUT2D eigenvalue weighted by Gasteiger charge is 2.23. The van der Waals surface area contributed by atoms with Crippen molar-refractivity contribution in [2.45, 2.75) is 25.7 Å². The lowest BCUT2D eigenvalue weighted by molar-refractivity contribution is 0.111. The Balaban J connectivity index is 1.77. The van der Waals surface area contributed by atoms with E-state index in [1.807, 2.05) is 10.5 Å². The smallest absolute Gasteiger partial charge is 0.408 e. The molecule has 3 heterocycles. The molecule has 0 saturated heterocycles. The number of carbonyl (C=O) groups excluding carboxylic acids is 1. The molecule has 1 aromatic carbocycles. The SMILES string of the molecule is O=Cc1c(-c2ccc3[nH]c(=O)oc3c2)nc2sc3c(n12)CCCC3. The van der Waals surface area contributed by atoms with Crippen LogP contribution in [-0.4, -0.2) is 20.7 Å². The predicted molar refractivity (Wildman–Crippen MR) is 90.9 cm³/mol. The van der Waals surface area contributed by atoms with E-state index >= 15 is 0 Å². The number of hydrogen-bond donors (Lipinski definition) is 1. The molecule has 0 radical (unpaired) electrons. The monoisotopic (exact) mass is 339 g/mol. The first-order valence-electron chi connectivity index (χ1n) is 7.86. The fourth-order valence-corrected chi connectivity index (χ4v) is 4.69. The van der Waals surface area contributed by atoms with Crippen molar-refractivity contribution >= 4 is 33.7 Å². The van der Waals surface area contributed by atoms with E-state index in [0.29, 0.717) is 22.5 Å². The third-order valence-electron chi connectivity index (χ3n) is 4.56. The maximum Gasteiger partial charge on any atom is 0.417 e. The minimum atomic E-state index is -0.488. The van der Waals surface area contributed by atoms with Crippen LogP contribution in [0.1, 0.15) is 33.9 Å². The highest BCUT2D eigenvalue weighted by molar-refractivity contribution is 7.17. The molecule has 6 nitrogen and oxygen atoms in total. The van der Waals surface area contributed by atoms with Crippen molar-refractivity contribution in [3.8, 4) is 11.3 Å². The Morgan fingerprint density at radius 3 is 3.04 bits per heavy atom. The number of rotatable bonds is 2. The van der Waals surface area contributed by atoms with Gasteiger partial charge in [0.1, 0.15) is 11.4 Å². The van der Waals surface area contributed by atoms with Crippen LogP contribution in [-0.2, 0) is 12.8 Å². The van der Waals surface area contributed by atoms with Crippen LogP contribution in [0, 0.1) is 0 Å². The molecule has 0 aliphatic heterocycles. The fraction of sp³-hybridized carbons (Fsp3) is 0.235. The van der Waals surface area contributed by atoms with E-state index in [9.17, 15) is 9.59 Å². The molecule has 0 unspecified atom stereocenters. The lowest BCUT2D eigenvalue weighted by Crippen LogP contribution is -2.04. The lowest BCUT2D eigenvalue weighted by atomic mass is 10.0. The first kappa shape index (κ1) is 13.7. The van der Waals surface area contributed by atoms with E-state index in [-0.39, 0.29) is 0 Å². The van der Waals surface area contributed by atoms with Gasteiger partial charge in [0.05, 0.1) is 5.52 Å². The van der Waals surface area contributed by atoms with Crippen molar-refractivity contribution in [1.82, 2.24) is 14.4 Å². The summed E-state index contributed by atoms with van der Waals surface area (Å²) in [5.74, 6) is -0.488. The van der Waals surface area contributed by atoms with Crippen LogP contribution in [0.4, 0.5) is 0 Å². The second kappa shape index (κ2) is 4.91. The zero-order valence-corrected chi connectivity index (χ0v) is 13.5. The first-order chi connectivity index (χ1) is 11.7. The van der Waals surface area contributed by atoms with Crippen LogP contribution in [0.5, 0.6) is 0 Å². The summed E-state index contributed by atoms with van der Waals surface area (Å²) in [5, 5.41) is 0. The summed E-state index contributed by atoms with van der Waals surface area (Å²) in [6.07, 6.45) is 5.26. The van der Waals surface area contributed by atoms with Gasteiger partial charge in [0.2, 0.25) is 0 Å². The van der Waals surface area contributed by atoms with E-state index < -0.39 is 5.76 Å². The number of carbonyl (C=O) groups is 1. The van der Waals surface area contributed by atoms with Gasteiger partial charge in [0.25, 0.3) is 0 Å². The lowest BCUT2D eigenvalue weighted by Gasteiger charge is -2.11. The number of aromatic nitrogens is 3. The van der Waals surface area contributed by atoms with E-state index in [1.54, 1.807) is 23.5 Å². The summed E-state index contributed by atoms with van der Waals surface area (Å²) in [7, 11) is 0. The number of benzene rings is 1. The Bertz CT molecular complexity index is 1160. The summed E-state index contributed by atoms with van der Waals surface area (Å²) in [4.78, 5) is 32.6. The Morgan fingerprint density at radius 1 is 1.29 bits per heavy atom. The summed E-state index contributed by atoms with van der Waals surface area (Å²) < 4.78 is 7.12. The van der Waals surface area contributed by atoms with E-state index in [4.69, 9.17) is 9.40 Å². The molecule has 0 saturated carbocycles. The molecule has 0 amide bonds. The highest BCUT2D eigenvalue weighted by atomic mass is 32.1. The fourth-order valence-electron chi connectivity index (χ4n) is 3.47. The summed E-state index contributed by atoms with van der Waals surface area (Å²) in [5.41, 5.74) is 4.30. The number of aryl methyl sites for hydroxylation is 2. The van der Waals surface area contributed by atoms with Crippen molar-refractivity contribution in [3.63, 3.8) is 0 Å². The van der Waals surface area contributed by atoms with Gasteiger partial charge in [-0.2, -0.15) is 0 Å². The topological polar surface area (TPSA) is 80.4 Å². The number of aromatic amines is 1. The maximum atomic E-state index is 11.8. The van der Waals surface area contributed by atoms with Crippen LogP contribution >= 0.6 is 11.3 Å². The molecule has 1 N–H and O–H groups in total. The molecule has 0 bridgehead atoms. The predicted octanol–water partition coefficient (Wildman–Crippen LogP) is 3.19. The molecule has 4 aromatic rings. The van der Waals surface area contributed by atoms with Crippen molar-refractivity contribution in [1.29, 1.82) is 0 Å². The Hall–Kier alpha value is -2.67. The van der Waals surface area contributed by atoms with Gasteiger partial charge in [0.15, 0.2) is 16.8 Å². The van der Waals surface area contributed by atoms with Crippen LogP contribution in [0.15, 0.2) is 27.4 Å². The van der Waals surface area contributed by atoms with E-state index in [2.05, 4.69) is 4.98 Å². The first-order valence-corrected chi connectivity index (χ1v) is 8.67. The molecule has 120 valence electrons. The van der Waals surface area contributed by atoms with Gasteiger partial charge < -0.3 is 4.42 Å². The molecule has 0 atom stereocenters. The number of thiazole rings is 1. The molecule has 0 fully saturated rings. The third-order valence-corrected chi connectivity index (χ3v) is 5.70. The average Bonchev–Trinajstić information content (AvgIpc) is 3.23. The molecule has 1 aliphatic rings. The van der Waals surface area contributed by atoms with Crippen molar-refractivity contribution in [2.75, 3.05) is 0 Å². The number of H-pyrrole nitrogens is 1. The average molecular weight is 339 g/mol. The minimum absolute atomic E-state index is 0.465. The normalized spacial score (nSPS) is 14.3. The maximum absolute atomic E-state index is 11.8. The summed E-state index contributed by atoms with van der Waals surface area (Å²) in [6, 6.07) is 5.37. The molecule has 24 heavy (non-hydrogen) atoms. The van der Waals surface area contributed by atoms with Gasteiger partial charge in [-0.1, -0.05) is 6.07 Å². The zero-order valence-electron chi connectivity index (χ0n) is 12.7. The Labute approximate surface area is 139 Å². The number of imidazole rings is 1. The number of hydrogen-bond acceptors (Lipinski definition) is 5. The Kier molecular flexibility index (Phi) is 2.81. The second-order valence-corrected chi connectivity index (χ2v) is 7.05. The van der Waals surface area contributed by atoms with Crippen molar-refractivity contribution < 1.29 is 9.21 Å². The molecule has 3 aromatic heterocycles. The zero-order chi connectivity index (χ0) is 16.3. The third kappa shape index (κ3) is 1.85. The highest BCUT2D eigenvalue weighted by Crippen LogP contribution is 2.34. The minimum Gasteiger partial charge on any atom is -0.408 e. The van der Waals surface area contributed by atoms with E-state index in [0.717, 1.165) is 36.1 Å². The number of fused-ring (bicyclic) bond motifs is 4. The van der Waals surface area contributed by atoms with Gasteiger partial charge in [0, 0.05) is 16.1 Å². The summed E-state index contributed by atoms with van der Waals surface area (Å²) in [6.45, 7) is 0. The van der Waals surface area contributed by atoms with Crippen molar-refractivity contribution in [3.05, 3.63) is 45.0 Å². The second-order valence-electron chi connectivity index (χ2n) is 5.99. The van der Waals surface area contributed by atoms with Crippen molar-refractivity contribution in [2.24, 2.45) is 0 Å². The van der Waals surface area contributed by atoms with Crippen LogP contribution in [0.25, 0.3) is 27.3 Å². The number of oxazole rings is 1. The van der Waals surface area contributed by atoms with Crippen LogP contribution < -0.4 is 5.76 Å². The number of aldehydes is 1. The molecule has 5 rings (SSSR count). The molecule has 1 aliphatic carbocycles. The molecule has 7 heteroatoms. The van der Waals surface area contributed by atoms with Gasteiger partial charge in [-0.15, -0.1) is 11.3 Å².